The summed E-state index contributed by atoms with van der Waals surface area (Å²) in [6.07, 6.45) is 0. The van der Waals surface area contributed by atoms with Gasteiger partial charge in [0.25, 0.3) is 0 Å². The summed E-state index contributed by atoms with van der Waals surface area (Å²) in [5, 5.41) is 0. The number of benzene rings is 1. The summed E-state index contributed by atoms with van der Waals surface area (Å²) in [5.41, 5.74) is 4.80. The summed E-state index contributed by atoms with van der Waals surface area (Å²) in [5.74, 6) is -2.24. The number of hydrogen-bond donors (Lipinski definition) is 1. The van der Waals surface area contributed by atoms with E-state index >= 15 is 0 Å². The van der Waals surface area contributed by atoms with Crippen LogP contribution in [0.1, 0.15) is 17.3 Å². The Morgan fingerprint density at radius 1 is 1.47 bits per heavy atom. The topological polar surface area (TPSA) is 52.3 Å². The van der Waals surface area contributed by atoms with Crippen LogP contribution in [0.15, 0.2) is 12.1 Å². The maximum Gasteiger partial charge on any atom is 0.387 e. The SMILES string of the molecule is CC(=O)c1cc(N)c(F)c(OC(F)F)c1. The highest BCUT2D eigenvalue weighted by molar-refractivity contribution is 5.95. The normalized spacial score (nSPS) is 10.5. The number of ketones is 1. The highest BCUT2D eigenvalue weighted by atomic mass is 19.3. The van der Waals surface area contributed by atoms with Gasteiger partial charge >= 0.3 is 6.61 Å². The van der Waals surface area contributed by atoms with Crippen molar-refractivity contribution >= 4 is 11.5 Å². The van der Waals surface area contributed by atoms with E-state index in [9.17, 15) is 18.0 Å². The molecule has 15 heavy (non-hydrogen) atoms. The van der Waals surface area contributed by atoms with Gasteiger partial charge in [-0.05, 0) is 19.1 Å². The molecule has 1 rings (SSSR count). The Balaban J connectivity index is 3.19. The van der Waals surface area contributed by atoms with Crippen LogP contribution in [-0.2, 0) is 0 Å². The lowest BCUT2D eigenvalue weighted by atomic mass is 10.1. The summed E-state index contributed by atoms with van der Waals surface area (Å²) in [4.78, 5) is 10.9. The molecule has 0 aliphatic carbocycles. The third-order valence-electron chi connectivity index (χ3n) is 1.69. The molecule has 0 saturated heterocycles. The van der Waals surface area contributed by atoms with E-state index in [1.54, 1.807) is 0 Å². The third-order valence-corrected chi connectivity index (χ3v) is 1.69. The van der Waals surface area contributed by atoms with Crippen LogP contribution in [0.4, 0.5) is 18.9 Å². The zero-order valence-electron chi connectivity index (χ0n) is 7.76. The summed E-state index contributed by atoms with van der Waals surface area (Å²) in [6, 6.07) is 1.95. The molecule has 0 aliphatic rings. The van der Waals surface area contributed by atoms with Crippen LogP contribution < -0.4 is 10.5 Å². The lowest BCUT2D eigenvalue weighted by molar-refractivity contribution is -0.0521. The van der Waals surface area contributed by atoms with Gasteiger partial charge in [0, 0.05) is 5.56 Å². The van der Waals surface area contributed by atoms with Crippen molar-refractivity contribution in [2.75, 3.05) is 5.73 Å². The van der Waals surface area contributed by atoms with Gasteiger partial charge in [-0.3, -0.25) is 4.79 Å². The highest BCUT2D eigenvalue weighted by Crippen LogP contribution is 2.26. The molecular formula is C9H8F3NO2. The summed E-state index contributed by atoms with van der Waals surface area (Å²) < 4.78 is 40.7. The van der Waals surface area contributed by atoms with Crippen molar-refractivity contribution in [2.45, 2.75) is 13.5 Å². The Kier molecular flexibility index (Phi) is 3.18. The average molecular weight is 219 g/mol. The Hall–Kier alpha value is -1.72. The Morgan fingerprint density at radius 2 is 2.07 bits per heavy atom. The average Bonchev–Trinajstić information content (AvgIpc) is 2.11. The van der Waals surface area contributed by atoms with Crippen LogP contribution in [0.25, 0.3) is 0 Å². The largest absolute Gasteiger partial charge is 0.432 e. The van der Waals surface area contributed by atoms with E-state index in [0.717, 1.165) is 12.1 Å². The van der Waals surface area contributed by atoms with E-state index in [1.807, 2.05) is 0 Å². The number of anilines is 1. The predicted molar refractivity (Wildman–Crippen MR) is 47.4 cm³/mol. The number of carbonyl (C=O) groups is 1. The molecule has 0 bridgehead atoms. The molecule has 3 nitrogen and oxygen atoms in total. The monoisotopic (exact) mass is 219 g/mol. The number of hydrogen-bond acceptors (Lipinski definition) is 3. The van der Waals surface area contributed by atoms with E-state index in [4.69, 9.17) is 5.73 Å². The molecule has 2 N–H and O–H groups in total. The standard InChI is InChI=1S/C9H8F3NO2/c1-4(14)5-2-6(13)8(10)7(3-5)15-9(11)12/h2-3,9H,13H2,1H3. The number of nitrogens with two attached hydrogens (primary N) is 1. The number of rotatable bonds is 3. The van der Waals surface area contributed by atoms with Crippen molar-refractivity contribution < 1.29 is 22.7 Å². The fraction of sp³-hybridized carbons (Fsp3) is 0.222. The minimum atomic E-state index is -3.17. The van der Waals surface area contributed by atoms with Crippen molar-refractivity contribution in [3.05, 3.63) is 23.5 Å². The molecule has 0 aromatic heterocycles. The summed E-state index contributed by atoms with van der Waals surface area (Å²) in [6.45, 7) is -1.96. The summed E-state index contributed by atoms with van der Waals surface area (Å²) in [7, 11) is 0. The highest BCUT2D eigenvalue weighted by Gasteiger charge is 2.15. The quantitative estimate of drug-likeness (QED) is 0.626. The second-order valence-corrected chi connectivity index (χ2v) is 2.81. The van der Waals surface area contributed by atoms with Gasteiger partial charge in [0.05, 0.1) is 5.69 Å². The fourth-order valence-electron chi connectivity index (χ4n) is 1.00. The second-order valence-electron chi connectivity index (χ2n) is 2.81. The minimum Gasteiger partial charge on any atom is -0.432 e. The molecule has 0 heterocycles. The van der Waals surface area contributed by atoms with Crippen LogP contribution in [0.2, 0.25) is 0 Å². The van der Waals surface area contributed by atoms with E-state index in [2.05, 4.69) is 4.74 Å². The van der Waals surface area contributed by atoms with Crippen LogP contribution in [0.3, 0.4) is 0 Å². The first kappa shape index (κ1) is 11.4. The van der Waals surface area contributed by atoms with Crippen LogP contribution in [0.5, 0.6) is 5.75 Å². The third kappa shape index (κ3) is 2.61. The van der Waals surface area contributed by atoms with Crippen molar-refractivity contribution in [1.82, 2.24) is 0 Å². The van der Waals surface area contributed by atoms with Crippen LogP contribution in [-0.4, -0.2) is 12.4 Å². The Morgan fingerprint density at radius 3 is 2.53 bits per heavy atom. The molecule has 1 aromatic rings. The maximum atomic E-state index is 13.1. The van der Waals surface area contributed by atoms with Crippen LogP contribution >= 0.6 is 0 Å². The fourth-order valence-corrected chi connectivity index (χ4v) is 1.00. The van der Waals surface area contributed by atoms with Gasteiger partial charge < -0.3 is 10.5 Å². The predicted octanol–water partition coefficient (Wildman–Crippen LogP) is 2.21. The molecule has 6 heteroatoms. The van der Waals surface area contributed by atoms with Gasteiger partial charge in [0.2, 0.25) is 0 Å². The van der Waals surface area contributed by atoms with Crippen molar-refractivity contribution in [1.29, 1.82) is 0 Å². The molecule has 82 valence electrons. The molecule has 0 atom stereocenters. The first-order valence-corrected chi connectivity index (χ1v) is 3.96. The molecule has 0 unspecified atom stereocenters. The number of nitrogen functional groups attached to an aromatic ring is 1. The zero-order chi connectivity index (χ0) is 11.6. The van der Waals surface area contributed by atoms with Gasteiger partial charge in [-0.1, -0.05) is 0 Å². The first-order chi connectivity index (χ1) is 6.91. The lowest BCUT2D eigenvalue weighted by Gasteiger charge is -2.08. The number of halogens is 3. The molecule has 0 aliphatic heterocycles. The first-order valence-electron chi connectivity index (χ1n) is 3.96. The van der Waals surface area contributed by atoms with Crippen molar-refractivity contribution in [3.63, 3.8) is 0 Å². The van der Waals surface area contributed by atoms with Gasteiger partial charge in [-0.2, -0.15) is 8.78 Å². The van der Waals surface area contributed by atoms with E-state index in [-0.39, 0.29) is 5.56 Å². The molecular weight excluding hydrogens is 211 g/mol. The Bertz CT molecular complexity index is 393. The lowest BCUT2D eigenvalue weighted by Crippen LogP contribution is -2.07. The summed E-state index contributed by atoms with van der Waals surface area (Å²) >= 11 is 0. The molecule has 0 fully saturated rings. The zero-order valence-corrected chi connectivity index (χ0v) is 7.76. The molecule has 0 spiro atoms. The molecule has 0 radical (unpaired) electrons. The van der Waals surface area contributed by atoms with Gasteiger partial charge in [0.1, 0.15) is 0 Å². The van der Waals surface area contributed by atoms with Gasteiger partial charge in [-0.15, -0.1) is 0 Å². The molecule has 1 aromatic carbocycles. The minimum absolute atomic E-state index is 0.0181. The van der Waals surface area contributed by atoms with E-state index in [1.165, 1.54) is 6.92 Å². The van der Waals surface area contributed by atoms with Gasteiger partial charge in [-0.25, -0.2) is 4.39 Å². The van der Waals surface area contributed by atoms with Crippen molar-refractivity contribution in [3.8, 4) is 5.75 Å². The van der Waals surface area contributed by atoms with Gasteiger partial charge in [0.15, 0.2) is 17.3 Å². The smallest absolute Gasteiger partial charge is 0.387 e. The maximum absolute atomic E-state index is 13.1. The number of alkyl halides is 2. The van der Waals surface area contributed by atoms with Crippen molar-refractivity contribution in [2.24, 2.45) is 0 Å². The van der Waals surface area contributed by atoms with E-state index in [0.29, 0.717) is 0 Å². The van der Waals surface area contributed by atoms with Crippen LogP contribution in [0, 0.1) is 5.82 Å². The second kappa shape index (κ2) is 4.20. The number of Topliss-reactive ketones (excluding diaryl/α,β-unsaturated/α-hetero) is 1. The Labute approximate surface area is 83.6 Å². The molecule has 0 amide bonds. The van der Waals surface area contributed by atoms with E-state index < -0.39 is 29.6 Å². The number of carbonyl (C=O) groups excluding carboxylic acids is 1. The number of ether oxygens (including phenoxy) is 1. The molecule has 0 saturated carbocycles.